The van der Waals surface area contributed by atoms with Crippen molar-refractivity contribution >= 4 is 12.0 Å². The number of quaternary nitrogens is 1. The van der Waals surface area contributed by atoms with Crippen molar-refractivity contribution in [1.29, 1.82) is 0 Å². The number of hydrogen-bond donors (Lipinski definition) is 5. The molecule has 1 spiro atoms. The summed E-state index contributed by atoms with van der Waals surface area (Å²) in [6, 6.07) is 9.96. The number of nitrogens with zero attached hydrogens (tertiary/aromatic N) is 1. The van der Waals surface area contributed by atoms with Gasteiger partial charge in [-0.2, -0.15) is 0 Å². The number of rotatable bonds is 13. The minimum Gasteiger partial charge on any atom is -0.437 e. The highest BCUT2D eigenvalue weighted by Crippen LogP contribution is 2.47. The number of carbonyl (C=O) groups is 1. The van der Waals surface area contributed by atoms with E-state index >= 15 is 0 Å². The Morgan fingerprint density at radius 3 is 2.64 bits per heavy atom. The van der Waals surface area contributed by atoms with Crippen molar-refractivity contribution in [3.8, 4) is 35.4 Å². The molecule has 6 aliphatic rings. The molecule has 58 heavy (non-hydrogen) atoms. The average molecular weight is 786 g/mol. The molecule has 9 nitrogen and oxygen atoms in total. The summed E-state index contributed by atoms with van der Waals surface area (Å²) in [5.74, 6) is 11.1. The Kier molecular flexibility index (Phi) is 12.6. The Hall–Kier alpha value is -4.22. The second-order valence-electron chi connectivity index (χ2n) is 17.4. The lowest BCUT2D eigenvalue weighted by Gasteiger charge is -2.36. The van der Waals surface area contributed by atoms with Crippen molar-refractivity contribution in [2.75, 3.05) is 13.1 Å². The van der Waals surface area contributed by atoms with E-state index in [9.17, 15) is 15.0 Å². The summed E-state index contributed by atoms with van der Waals surface area (Å²) in [5, 5.41) is 26.5. The molecule has 306 valence electrons. The molecule has 6 N–H and O–H groups in total. The first-order chi connectivity index (χ1) is 28.3. The maximum absolute atomic E-state index is 13.8. The van der Waals surface area contributed by atoms with Crippen LogP contribution in [0.25, 0.3) is 0 Å². The molecule has 0 radical (unpaired) electrons. The quantitative estimate of drug-likeness (QED) is 0.123. The van der Waals surface area contributed by atoms with Gasteiger partial charge in [0, 0.05) is 37.1 Å². The van der Waals surface area contributed by atoms with Crippen LogP contribution in [-0.2, 0) is 24.1 Å². The number of hydrogen-bond acceptors (Lipinski definition) is 8. The molecule has 0 aromatic heterocycles. The third kappa shape index (κ3) is 8.31. The minimum atomic E-state index is -1.01. The van der Waals surface area contributed by atoms with Gasteiger partial charge in [0.25, 0.3) is 6.23 Å². The van der Waals surface area contributed by atoms with Gasteiger partial charge in [-0.05, 0) is 84.0 Å². The zero-order chi connectivity index (χ0) is 40.2. The molecule has 7 atom stereocenters. The van der Waals surface area contributed by atoms with Crippen LogP contribution in [0.2, 0.25) is 0 Å². The van der Waals surface area contributed by atoms with E-state index in [1.54, 1.807) is 0 Å². The van der Waals surface area contributed by atoms with Crippen LogP contribution in [0.15, 0.2) is 58.4 Å². The molecule has 2 aromatic rings. The van der Waals surface area contributed by atoms with Gasteiger partial charge in [-0.15, -0.1) is 0 Å². The van der Waals surface area contributed by atoms with E-state index in [2.05, 4.69) is 49.2 Å². The standard InChI is InChI=1S/C49H60N4O5/c1-3-5-7-11-37(42(54)12-8-6-4-2)44(56)18-13-32-14-20-45-46(27-32)58-48-40(49(24-26-57-45)22-9-10-23-49)17-19-43(55)35-15-16-36-34(21-25-51-47(36)50)38(35)28-33-29-52-41-31-53(48)30-39(33)41/h14-16,20,27,29,31,37,40,42-43,47-48,51,54-55H,3-13,18,21-23,25,28,30,50H2,1-2H3/p+1. The molecule has 1 saturated carbocycles. The van der Waals surface area contributed by atoms with Gasteiger partial charge in [-0.25, -0.2) is 0 Å². The SMILES string of the molecule is CCCCCC(O)C(CCCCC)C(=O)CCc1ccc2c(c1)OC1C(C#CC(O)c3ccc4c(c3CC3=C5C[NH+]1C=C5N=C3)CCNC4N)C1(C#CO2)CCCC1. The monoisotopic (exact) mass is 785 g/mol. The number of Topliss-reactive ketones (excluding diaryl/α,β-unsaturated/α-hetero) is 1. The Morgan fingerprint density at radius 1 is 1.03 bits per heavy atom. The van der Waals surface area contributed by atoms with Crippen molar-refractivity contribution in [2.45, 2.75) is 141 Å². The number of nitrogens with two attached hydrogens (primary N) is 1. The van der Waals surface area contributed by atoms with Gasteiger partial charge in [0.1, 0.15) is 42.4 Å². The second kappa shape index (κ2) is 18.0. The molecule has 2 aromatic carbocycles. The van der Waals surface area contributed by atoms with Crippen molar-refractivity contribution in [1.82, 2.24) is 5.32 Å². The molecule has 9 heteroatoms. The molecule has 8 rings (SSSR count). The van der Waals surface area contributed by atoms with E-state index in [4.69, 9.17) is 20.2 Å². The molecule has 1 aliphatic carbocycles. The number of aliphatic hydroxyl groups excluding tert-OH is 2. The fourth-order valence-corrected chi connectivity index (χ4v) is 10.3. The maximum Gasteiger partial charge on any atom is 0.252 e. The number of aryl methyl sites for hydroxylation is 1. The molecular formula is C49H61N4O5+. The van der Waals surface area contributed by atoms with E-state index in [1.807, 2.05) is 36.5 Å². The van der Waals surface area contributed by atoms with Gasteiger partial charge < -0.3 is 25.4 Å². The molecule has 0 amide bonds. The van der Waals surface area contributed by atoms with E-state index in [0.29, 0.717) is 43.7 Å². The second-order valence-corrected chi connectivity index (χ2v) is 17.4. The van der Waals surface area contributed by atoms with E-state index in [1.165, 1.54) is 11.1 Å². The number of benzene rings is 2. The third-order valence-electron chi connectivity index (χ3n) is 13.6. The fourth-order valence-electron chi connectivity index (χ4n) is 10.3. The van der Waals surface area contributed by atoms with E-state index < -0.39 is 23.9 Å². The molecule has 5 aliphatic heterocycles. The third-order valence-corrected chi connectivity index (χ3v) is 13.6. The number of nitrogens with one attached hydrogen (secondary N) is 2. The van der Waals surface area contributed by atoms with E-state index in [0.717, 1.165) is 122 Å². The Morgan fingerprint density at radius 2 is 1.83 bits per heavy atom. The summed E-state index contributed by atoms with van der Waals surface area (Å²) < 4.78 is 13.4. The summed E-state index contributed by atoms with van der Waals surface area (Å²) >= 11 is 0. The number of carbonyl (C=O) groups excluding carboxylic acids is 1. The number of ketones is 1. The summed E-state index contributed by atoms with van der Waals surface area (Å²) in [7, 11) is 0. The van der Waals surface area contributed by atoms with Gasteiger partial charge in [0.05, 0.1) is 17.7 Å². The number of aliphatic hydroxyl groups is 2. The number of aliphatic imine (C=N–C) groups is 1. The Labute approximate surface area is 344 Å². The highest BCUT2D eigenvalue weighted by molar-refractivity contribution is 5.87. The van der Waals surface area contributed by atoms with Crippen LogP contribution in [0.5, 0.6) is 11.5 Å². The maximum atomic E-state index is 13.8. The van der Waals surface area contributed by atoms with Crippen molar-refractivity contribution in [2.24, 2.45) is 28.0 Å². The van der Waals surface area contributed by atoms with Crippen LogP contribution in [0.3, 0.4) is 0 Å². The number of fused-ring (bicyclic) bond motifs is 8. The number of allylic oxidation sites excluding steroid dienone is 1. The predicted octanol–water partition coefficient (Wildman–Crippen LogP) is 6.08. The number of unbranched alkanes of at least 4 members (excludes halogenated alkanes) is 4. The smallest absolute Gasteiger partial charge is 0.252 e. The zero-order valence-electron chi connectivity index (χ0n) is 34.4. The Bertz CT molecular complexity index is 2090. The van der Waals surface area contributed by atoms with Crippen LogP contribution < -0.4 is 25.4 Å². The van der Waals surface area contributed by atoms with Crippen molar-refractivity contribution < 1.29 is 29.4 Å². The minimum absolute atomic E-state index is 0.133. The fraction of sp³-hybridized carbons (Fsp3) is 0.551. The Balaban J connectivity index is 1.13. The number of ether oxygens (including phenoxy) is 2. The summed E-state index contributed by atoms with van der Waals surface area (Å²) in [4.78, 5) is 19.8. The topological polar surface area (TPSA) is 131 Å². The molecule has 1 fully saturated rings. The highest BCUT2D eigenvalue weighted by Gasteiger charge is 2.51. The van der Waals surface area contributed by atoms with Crippen LogP contribution in [0, 0.1) is 41.1 Å². The van der Waals surface area contributed by atoms with Crippen molar-refractivity contribution in [3.05, 3.63) is 81.2 Å². The van der Waals surface area contributed by atoms with Crippen LogP contribution in [-0.4, -0.2) is 47.6 Å². The first-order valence-corrected chi connectivity index (χ1v) is 22.1. The lowest BCUT2D eigenvalue weighted by atomic mass is 9.73. The zero-order valence-corrected chi connectivity index (χ0v) is 34.4. The average Bonchev–Trinajstić information content (AvgIpc) is 3.97. The normalized spacial score (nSPS) is 25.9. The van der Waals surface area contributed by atoms with E-state index in [-0.39, 0.29) is 23.8 Å². The van der Waals surface area contributed by atoms with Crippen LogP contribution in [0.1, 0.15) is 137 Å². The summed E-state index contributed by atoms with van der Waals surface area (Å²) in [6.07, 6.45) is 18.7. The summed E-state index contributed by atoms with van der Waals surface area (Å²) in [5.41, 5.74) is 14.5. The molecule has 0 saturated heterocycles. The van der Waals surface area contributed by atoms with Gasteiger partial charge in [0.2, 0.25) is 0 Å². The molecular weight excluding hydrogens is 725 g/mol. The first-order valence-electron chi connectivity index (χ1n) is 22.1. The van der Waals surface area contributed by atoms with Gasteiger partial charge in [-0.3, -0.25) is 20.0 Å². The van der Waals surface area contributed by atoms with Crippen molar-refractivity contribution in [3.63, 3.8) is 0 Å². The lowest BCUT2D eigenvalue weighted by molar-refractivity contribution is -0.891. The lowest BCUT2D eigenvalue weighted by Crippen LogP contribution is -3.12. The largest absolute Gasteiger partial charge is 0.437 e. The molecule has 5 heterocycles. The summed E-state index contributed by atoms with van der Waals surface area (Å²) in [6.45, 7) is 5.79. The van der Waals surface area contributed by atoms with Crippen LogP contribution >= 0.6 is 0 Å². The van der Waals surface area contributed by atoms with Crippen LogP contribution in [0.4, 0.5) is 0 Å². The molecule has 7 unspecified atom stereocenters. The van der Waals surface area contributed by atoms with Gasteiger partial charge in [-0.1, -0.05) is 101 Å². The predicted molar refractivity (Wildman–Crippen MR) is 226 cm³/mol. The highest BCUT2D eigenvalue weighted by atomic mass is 16.5. The molecule has 2 bridgehead atoms. The van der Waals surface area contributed by atoms with Gasteiger partial charge >= 0.3 is 0 Å². The first kappa shape index (κ1) is 40.6. The van der Waals surface area contributed by atoms with Gasteiger partial charge in [0.15, 0.2) is 11.5 Å².